The number of morpholine rings is 1. The van der Waals surface area contributed by atoms with Gasteiger partial charge in [-0.1, -0.05) is 23.7 Å². The van der Waals surface area contributed by atoms with Crippen molar-refractivity contribution in [2.24, 2.45) is 0 Å². The summed E-state index contributed by atoms with van der Waals surface area (Å²) in [6, 6.07) is 9.18. The van der Waals surface area contributed by atoms with E-state index in [2.05, 4.69) is 22.3 Å². The van der Waals surface area contributed by atoms with Gasteiger partial charge >= 0.3 is 0 Å². The van der Waals surface area contributed by atoms with Crippen molar-refractivity contribution in [3.8, 4) is 0 Å². The molecule has 1 aromatic carbocycles. The molecule has 0 amide bonds. The number of hydrogen-bond donors (Lipinski definition) is 2. The van der Waals surface area contributed by atoms with E-state index in [9.17, 15) is 5.11 Å². The molecule has 2 fully saturated rings. The minimum atomic E-state index is -0.411. The van der Waals surface area contributed by atoms with E-state index in [0.29, 0.717) is 18.7 Å². The topological polar surface area (TPSA) is 44.7 Å². The van der Waals surface area contributed by atoms with Gasteiger partial charge in [0.15, 0.2) is 0 Å². The molecule has 0 aliphatic carbocycles. The molecule has 0 aromatic heterocycles. The second-order valence-corrected chi connectivity index (χ2v) is 7.55. The molecule has 0 radical (unpaired) electrons. The molecule has 0 spiro atoms. The summed E-state index contributed by atoms with van der Waals surface area (Å²) in [6.07, 6.45) is 4.01. The molecule has 5 heteroatoms. The van der Waals surface area contributed by atoms with Gasteiger partial charge in [-0.3, -0.25) is 4.90 Å². The number of rotatable bonds is 5. The number of piperidine rings is 1. The van der Waals surface area contributed by atoms with Crippen molar-refractivity contribution in [2.45, 2.75) is 56.9 Å². The number of halogens is 1. The maximum atomic E-state index is 9.94. The van der Waals surface area contributed by atoms with Crippen LogP contribution in [-0.4, -0.2) is 60.5 Å². The van der Waals surface area contributed by atoms with Crippen molar-refractivity contribution >= 4 is 11.6 Å². The maximum Gasteiger partial charge on any atom is 0.0958 e. The standard InChI is InChI=1S/C19H29ClN2O2/c1-14(23)19-12-22(17-8-10-21-11-9-17)18(13-24-19)7-4-15-2-5-16(20)6-3-15/h2-3,5-6,14,17-19,21,23H,4,7-13H2,1H3/t14?,18-,19+/m0/s1. The molecule has 134 valence electrons. The summed E-state index contributed by atoms with van der Waals surface area (Å²) in [5.41, 5.74) is 1.32. The van der Waals surface area contributed by atoms with Crippen LogP contribution < -0.4 is 5.32 Å². The van der Waals surface area contributed by atoms with Crippen molar-refractivity contribution in [3.63, 3.8) is 0 Å². The van der Waals surface area contributed by atoms with E-state index in [1.807, 2.05) is 19.1 Å². The summed E-state index contributed by atoms with van der Waals surface area (Å²) in [7, 11) is 0. The molecule has 2 heterocycles. The predicted octanol–water partition coefficient (Wildman–Crippen LogP) is 2.47. The van der Waals surface area contributed by atoms with E-state index in [4.69, 9.17) is 16.3 Å². The van der Waals surface area contributed by atoms with Gasteiger partial charge in [0.1, 0.15) is 0 Å². The highest BCUT2D eigenvalue weighted by atomic mass is 35.5. The lowest BCUT2D eigenvalue weighted by Crippen LogP contribution is -2.58. The SMILES string of the molecule is CC(O)[C@H]1CN(C2CCNCC2)[C@@H](CCc2ccc(Cl)cc2)CO1. The number of nitrogens with one attached hydrogen (secondary N) is 1. The normalized spacial score (nSPS) is 28.0. The van der Waals surface area contributed by atoms with Crippen LogP contribution in [0.5, 0.6) is 0 Å². The first-order valence-electron chi connectivity index (χ1n) is 9.14. The molecule has 24 heavy (non-hydrogen) atoms. The quantitative estimate of drug-likeness (QED) is 0.854. The highest BCUT2D eigenvalue weighted by molar-refractivity contribution is 6.30. The number of aliphatic hydroxyl groups is 1. The molecule has 4 nitrogen and oxygen atoms in total. The Balaban J connectivity index is 1.63. The molecule has 2 saturated heterocycles. The lowest BCUT2D eigenvalue weighted by Gasteiger charge is -2.46. The van der Waals surface area contributed by atoms with Crippen molar-refractivity contribution < 1.29 is 9.84 Å². The van der Waals surface area contributed by atoms with Crippen molar-refractivity contribution in [1.82, 2.24) is 10.2 Å². The summed E-state index contributed by atoms with van der Waals surface area (Å²) in [4.78, 5) is 2.61. The molecular formula is C19H29ClN2O2. The smallest absolute Gasteiger partial charge is 0.0958 e. The Labute approximate surface area is 150 Å². The van der Waals surface area contributed by atoms with Gasteiger partial charge in [0.25, 0.3) is 0 Å². The largest absolute Gasteiger partial charge is 0.391 e. The van der Waals surface area contributed by atoms with Gasteiger partial charge in [-0.2, -0.15) is 0 Å². The third-order valence-electron chi connectivity index (χ3n) is 5.36. The monoisotopic (exact) mass is 352 g/mol. The molecule has 3 atom stereocenters. The van der Waals surface area contributed by atoms with Gasteiger partial charge in [0.05, 0.1) is 18.8 Å². The van der Waals surface area contributed by atoms with Gasteiger partial charge in [0.2, 0.25) is 0 Å². The summed E-state index contributed by atoms with van der Waals surface area (Å²) >= 11 is 5.97. The first kappa shape index (κ1) is 18.2. The molecule has 2 N–H and O–H groups in total. The first-order chi connectivity index (χ1) is 11.6. The second kappa shape index (κ2) is 8.63. The van der Waals surface area contributed by atoms with E-state index in [-0.39, 0.29) is 6.10 Å². The zero-order valence-corrected chi connectivity index (χ0v) is 15.2. The van der Waals surface area contributed by atoms with Crippen LogP contribution in [0.25, 0.3) is 0 Å². The fourth-order valence-corrected chi connectivity index (χ4v) is 3.98. The summed E-state index contributed by atoms with van der Waals surface area (Å²) in [6.45, 7) is 5.57. The molecule has 0 saturated carbocycles. The van der Waals surface area contributed by atoms with Gasteiger partial charge in [-0.25, -0.2) is 0 Å². The first-order valence-corrected chi connectivity index (χ1v) is 9.52. The maximum absolute atomic E-state index is 9.94. The van der Waals surface area contributed by atoms with Crippen LogP contribution in [0.15, 0.2) is 24.3 Å². The number of aliphatic hydroxyl groups excluding tert-OH is 1. The zero-order valence-electron chi connectivity index (χ0n) is 14.5. The Morgan fingerprint density at radius 1 is 1.29 bits per heavy atom. The Morgan fingerprint density at radius 3 is 2.67 bits per heavy atom. The number of ether oxygens (including phenoxy) is 1. The van der Waals surface area contributed by atoms with Crippen LogP contribution in [0.1, 0.15) is 31.7 Å². The molecule has 1 aromatic rings. The number of hydrogen-bond acceptors (Lipinski definition) is 4. The summed E-state index contributed by atoms with van der Waals surface area (Å²) in [5, 5.41) is 14.2. The molecule has 2 aliphatic rings. The van der Waals surface area contributed by atoms with Crippen LogP contribution in [0.2, 0.25) is 5.02 Å². The molecule has 0 bridgehead atoms. The fourth-order valence-electron chi connectivity index (χ4n) is 3.85. The van der Waals surface area contributed by atoms with E-state index >= 15 is 0 Å². The lowest BCUT2D eigenvalue weighted by molar-refractivity contribution is -0.122. The van der Waals surface area contributed by atoms with E-state index in [0.717, 1.165) is 37.5 Å². The van der Waals surface area contributed by atoms with Crippen LogP contribution in [-0.2, 0) is 11.2 Å². The number of aryl methyl sites for hydroxylation is 1. The van der Waals surface area contributed by atoms with E-state index in [1.165, 1.54) is 18.4 Å². The zero-order chi connectivity index (χ0) is 16.9. The third kappa shape index (κ3) is 4.70. The van der Waals surface area contributed by atoms with Gasteiger partial charge in [0, 0.05) is 23.7 Å². The van der Waals surface area contributed by atoms with Gasteiger partial charge in [-0.15, -0.1) is 0 Å². The number of benzene rings is 1. The molecule has 3 rings (SSSR count). The third-order valence-corrected chi connectivity index (χ3v) is 5.61. The van der Waals surface area contributed by atoms with Crippen molar-refractivity contribution in [1.29, 1.82) is 0 Å². The minimum Gasteiger partial charge on any atom is -0.391 e. The van der Waals surface area contributed by atoms with Gasteiger partial charge in [-0.05, 0) is 63.4 Å². The Bertz CT molecular complexity index is 503. The second-order valence-electron chi connectivity index (χ2n) is 7.11. The average molecular weight is 353 g/mol. The highest BCUT2D eigenvalue weighted by Gasteiger charge is 2.35. The van der Waals surface area contributed by atoms with Gasteiger partial charge < -0.3 is 15.2 Å². The van der Waals surface area contributed by atoms with Crippen LogP contribution in [0.3, 0.4) is 0 Å². The van der Waals surface area contributed by atoms with Crippen LogP contribution in [0, 0.1) is 0 Å². The van der Waals surface area contributed by atoms with Crippen LogP contribution >= 0.6 is 11.6 Å². The van der Waals surface area contributed by atoms with Crippen LogP contribution in [0.4, 0.5) is 0 Å². The molecule has 2 aliphatic heterocycles. The summed E-state index contributed by atoms with van der Waals surface area (Å²) in [5.74, 6) is 0. The van der Waals surface area contributed by atoms with Crippen molar-refractivity contribution in [2.75, 3.05) is 26.2 Å². The highest BCUT2D eigenvalue weighted by Crippen LogP contribution is 2.25. The lowest BCUT2D eigenvalue weighted by atomic mass is 9.96. The minimum absolute atomic E-state index is 0.0633. The van der Waals surface area contributed by atoms with E-state index < -0.39 is 6.10 Å². The molecular weight excluding hydrogens is 324 g/mol. The molecule has 1 unspecified atom stereocenters. The number of nitrogens with zero attached hydrogens (tertiary/aromatic N) is 1. The average Bonchev–Trinajstić information content (AvgIpc) is 2.62. The van der Waals surface area contributed by atoms with Crippen molar-refractivity contribution in [3.05, 3.63) is 34.9 Å². The predicted molar refractivity (Wildman–Crippen MR) is 97.6 cm³/mol. The summed E-state index contributed by atoms with van der Waals surface area (Å²) < 4.78 is 5.95. The Morgan fingerprint density at radius 2 is 2.00 bits per heavy atom. The fraction of sp³-hybridized carbons (Fsp3) is 0.684. The van der Waals surface area contributed by atoms with E-state index in [1.54, 1.807) is 0 Å². The Hall–Kier alpha value is -0.650. The Kier molecular flexibility index (Phi) is 6.53.